The smallest absolute Gasteiger partial charge is 0.321 e. The molecule has 1 aliphatic heterocycles. The largest absolute Gasteiger partial charge is 0.480 e. The highest BCUT2D eigenvalue weighted by Crippen LogP contribution is 2.23. The quantitative estimate of drug-likeness (QED) is 0.487. The van der Waals surface area contributed by atoms with Crippen molar-refractivity contribution in [2.75, 3.05) is 6.54 Å². The van der Waals surface area contributed by atoms with Crippen LogP contribution in [-0.4, -0.2) is 47.3 Å². The zero-order chi connectivity index (χ0) is 16.1. The summed E-state index contributed by atoms with van der Waals surface area (Å²) in [5, 5.41) is 13.6. The second-order valence-corrected chi connectivity index (χ2v) is 5.55. The average molecular weight is 345 g/mol. The fourth-order valence-electron chi connectivity index (χ4n) is 2.30. The summed E-state index contributed by atoms with van der Waals surface area (Å²) in [4.78, 5) is 28.9. The predicted octanol–water partition coefficient (Wildman–Crippen LogP) is 2.42. The zero-order valence-electron chi connectivity index (χ0n) is 11.5. The van der Waals surface area contributed by atoms with Crippen LogP contribution in [0.1, 0.15) is 18.4 Å². The van der Waals surface area contributed by atoms with Crippen molar-refractivity contribution in [3.63, 3.8) is 0 Å². The summed E-state index contributed by atoms with van der Waals surface area (Å²) in [6.07, 6.45) is 1.93. The molecule has 0 aromatic heterocycles. The first-order valence-corrected chi connectivity index (χ1v) is 7.37. The van der Waals surface area contributed by atoms with Crippen molar-refractivity contribution in [3.05, 3.63) is 33.8 Å². The van der Waals surface area contributed by atoms with E-state index in [1.165, 1.54) is 11.1 Å². The number of likely N-dealkylation sites (tertiary alicyclic amines) is 1. The van der Waals surface area contributed by atoms with Crippen LogP contribution in [0.15, 0.2) is 23.4 Å². The number of carbonyl (C=O) groups excluding carboxylic acids is 1. The van der Waals surface area contributed by atoms with Crippen molar-refractivity contribution in [1.29, 1.82) is 0 Å². The maximum Gasteiger partial charge on any atom is 0.321 e. The van der Waals surface area contributed by atoms with Crippen molar-refractivity contribution < 1.29 is 19.5 Å². The lowest BCUT2D eigenvalue weighted by molar-refractivity contribution is -0.150. The minimum Gasteiger partial charge on any atom is -0.480 e. The summed E-state index contributed by atoms with van der Waals surface area (Å²) in [5.41, 5.74) is 0.465. The molecular weight excluding hydrogens is 331 g/mol. The number of carboxylic acid groups (broad SMARTS) is 1. The molecule has 0 aliphatic carbocycles. The predicted molar refractivity (Wildman–Crippen MR) is 82.4 cm³/mol. The maximum absolute atomic E-state index is 11.2. The van der Waals surface area contributed by atoms with Gasteiger partial charge in [-0.1, -0.05) is 34.4 Å². The second kappa shape index (κ2) is 7.58. The summed E-state index contributed by atoms with van der Waals surface area (Å²) in [6.45, 7) is 0.461. The van der Waals surface area contributed by atoms with E-state index in [4.69, 9.17) is 33.1 Å². The molecule has 1 aromatic carbocycles. The molecule has 1 saturated heterocycles. The number of halogens is 2. The molecule has 0 amide bonds. The highest BCUT2D eigenvalue weighted by Gasteiger charge is 2.36. The van der Waals surface area contributed by atoms with Gasteiger partial charge in [0.05, 0.1) is 16.3 Å². The van der Waals surface area contributed by atoms with Gasteiger partial charge < -0.3 is 9.94 Å². The van der Waals surface area contributed by atoms with Gasteiger partial charge in [0.1, 0.15) is 6.04 Å². The third-order valence-electron chi connectivity index (χ3n) is 3.37. The molecule has 1 unspecified atom stereocenters. The molecule has 0 radical (unpaired) electrons. The Hall–Kier alpha value is -1.63. The topological polar surface area (TPSA) is 79.2 Å². The second-order valence-electron chi connectivity index (χ2n) is 4.74. The van der Waals surface area contributed by atoms with E-state index in [2.05, 4.69) is 5.16 Å². The molecule has 0 saturated carbocycles. The van der Waals surface area contributed by atoms with Gasteiger partial charge in [0.25, 0.3) is 0 Å². The lowest BCUT2D eigenvalue weighted by Gasteiger charge is -2.24. The number of hydrogen-bond acceptors (Lipinski definition) is 5. The lowest BCUT2D eigenvalue weighted by Crippen LogP contribution is -2.44. The van der Waals surface area contributed by atoms with Crippen molar-refractivity contribution >= 4 is 41.7 Å². The van der Waals surface area contributed by atoms with Crippen LogP contribution in [0.25, 0.3) is 0 Å². The Morgan fingerprint density at radius 1 is 1.45 bits per heavy atom. The molecule has 8 heteroatoms. The third kappa shape index (κ3) is 3.76. The molecule has 22 heavy (non-hydrogen) atoms. The monoisotopic (exact) mass is 344 g/mol. The van der Waals surface area contributed by atoms with Gasteiger partial charge in [0.2, 0.25) is 6.23 Å². The van der Waals surface area contributed by atoms with Gasteiger partial charge in [-0.3, -0.25) is 9.59 Å². The first kappa shape index (κ1) is 16.7. The van der Waals surface area contributed by atoms with E-state index in [1.807, 2.05) is 0 Å². The van der Waals surface area contributed by atoms with E-state index in [9.17, 15) is 9.59 Å². The molecule has 6 nitrogen and oxygen atoms in total. The van der Waals surface area contributed by atoms with E-state index in [-0.39, 0.29) is 0 Å². The Balaban J connectivity index is 2.06. The van der Waals surface area contributed by atoms with E-state index >= 15 is 0 Å². The van der Waals surface area contributed by atoms with Crippen LogP contribution in [-0.2, 0) is 14.4 Å². The van der Waals surface area contributed by atoms with Crippen molar-refractivity contribution in [3.8, 4) is 0 Å². The Bertz CT molecular complexity index is 574. The summed E-state index contributed by atoms with van der Waals surface area (Å²) < 4.78 is 0. The average Bonchev–Trinajstić information content (AvgIpc) is 2.95. The Morgan fingerprint density at radius 2 is 2.14 bits per heavy atom. The summed E-state index contributed by atoms with van der Waals surface area (Å²) >= 11 is 12.0. The SMILES string of the molecule is O=CC(ON=Cc1c(Cl)cccc1Cl)N1CCC[C@H]1C(=O)O. The summed E-state index contributed by atoms with van der Waals surface area (Å²) in [5.74, 6) is -0.980. The van der Waals surface area contributed by atoms with Crippen molar-refractivity contribution in [2.45, 2.75) is 25.1 Å². The van der Waals surface area contributed by atoms with Gasteiger partial charge in [-0.25, -0.2) is 4.90 Å². The van der Waals surface area contributed by atoms with Crippen LogP contribution < -0.4 is 0 Å². The van der Waals surface area contributed by atoms with Crippen LogP contribution >= 0.6 is 23.2 Å². The molecule has 118 valence electrons. The number of carbonyl (C=O) groups is 2. The number of carboxylic acids is 1. The maximum atomic E-state index is 11.2. The van der Waals surface area contributed by atoms with Crippen molar-refractivity contribution in [2.24, 2.45) is 5.16 Å². The number of benzene rings is 1. The summed E-state index contributed by atoms with van der Waals surface area (Å²) in [7, 11) is 0. The lowest BCUT2D eigenvalue weighted by atomic mass is 10.2. The van der Waals surface area contributed by atoms with Crippen LogP contribution in [0.4, 0.5) is 0 Å². The molecule has 1 N–H and O–H groups in total. The highest BCUT2D eigenvalue weighted by molar-refractivity contribution is 6.38. The van der Waals surface area contributed by atoms with Crippen LogP contribution in [0, 0.1) is 0 Å². The molecule has 1 heterocycles. The molecule has 1 aromatic rings. The number of rotatable bonds is 6. The highest BCUT2D eigenvalue weighted by atomic mass is 35.5. The molecular formula is C14H14Cl2N2O4. The fourth-order valence-corrected chi connectivity index (χ4v) is 2.80. The first-order valence-electron chi connectivity index (χ1n) is 6.61. The van der Waals surface area contributed by atoms with Gasteiger partial charge in [-0.05, 0) is 25.0 Å². The van der Waals surface area contributed by atoms with E-state index in [0.717, 1.165) is 0 Å². The normalized spacial score (nSPS) is 20.2. The molecule has 0 bridgehead atoms. The van der Waals surface area contributed by atoms with Gasteiger partial charge >= 0.3 is 5.97 Å². The summed E-state index contributed by atoms with van der Waals surface area (Å²) in [6, 6.07) is 4.24. The minimum absolute atomic E-state index is 0.395. The first-order chi connectivity index (χ1) is 10.5. The molecule has 2 atom stereocenters. The Kier molecular flexibility index (Phi) is 5.76. The van der Waals surface area contributed by atoms with E-state index in [0.29, 0.717) is 41.3 Å². The molecule has 1 aliphatic rings. The number of oxime groups is 1. The number of hydrogen-bond donors (Lipinski definition) is 1. The Morgan fingerprint density at radius 3 is 2.73 bits per heavy atom. The van der Waals surface area contributed by atoms with E-state index < -0.39 is 18.2 Å². The van der Waals surface area contributed by atoms with Gasteiger partial charge in [-0.2, -0.15) is 0 Å². The molecule has 1 fully saturated rings. The number of nitrogens with zero attached hydrogens (tertiary/aromatic N) is 2. The molecule has 0 spiro atoms. The fraction of sp³-hybridized carbons (Fsp3) is 0.357. The van der Waals surface area contributed by atoms with Gasteiger partial charge in [0.15, 0.2) is 6.29 Å². The van der Waals surface area contributed by atoms with Gasteiger partial charge in [-0.15, -0.1) is 0 Å². The standard InChI is InChI=1S/C14H14Cl2N2O4/c15-10-3-1-4-11(16)9(10)7-17-22-13(8-19)18-6-2-5-12(18)14(20)21/h1,3-4,7-8,12-13H,2,5-6H2,(H,20,21)/t12-,13?/m0/s1. The van der Waals surface area contributed by atoms with Crippen LogP contribution in [0.2, 0.25) is 10.0 Å². The zero-order valence-corrected chi connectivity index (χ0v) is 13.0. The number of aldehydes is 1. The van der Waals surface area contributed by atoms with Crippen molar-refractivity contribution in [1.82, 2.24) is 4.90 Å². The van der Waals surface area contributed by atoms with Crippen LogP contribution in [0.5, 0.6) is 0 Å². The molecule has 2 rings (SSSR count). The van der Waals surface area contributed by atoms with Gasteiger partial charge in [0, 0.05) is 12.1 Å². The van der Waals surface area contributed by atoms with Crippen LogP contribution in [0.3, 0.4) is 0 Å². The third-order valence-corrected chi connectivity index (χ3v) is 4.03. The Labute approximate surface area is 137 Å². The van der Waals surface area contributed by atoms with E-state index in [1.54, 1.807) is 18.2 Å². The minimum atomic E-state index is -1.05. The number of aliphatic carboxylic acids is 1.